The Morgan fingerprint density at radius 3 is 3.20 bits per heavy atom. The van der Waals surface area contributed by atoms with E-state index in [1.165, 1.54) is 0 Å². The minimum atomic E-state index is -0.0185. The molecular weight excluding hydrogens is 126 g/mol. The van der Waals surface area contributed by atoms with Crippen LogP contribution in [0, 0.1) is 0 Å². The summed E-state index contributed by atoms with van der Waals surface area (Å²) >= 11 is 0. The van der Waals surface area contributed by atoms with Crippen molar-refractivity contribution in [2.75, 3.05) is 0 Å². The molecule has 50 valence electrons. The Morgan fingerprint density at radius 1 is 1.50 bits per heavy atom. The first-order valence-corrected chi connectivity index (χ1v) is 3.12. The van der Waals surface area contributed by atoms with Crippen LogP contribution >= 0.6 is 0 Å². The van der Waals surface area contributed by atoms with Gasteiger partial charge in [0.2, 0.25) is 0 Å². The molecule has 0 aliphatic carbocycles. The lowest BCUT2D eigenvalue weighted by molar-refractivity contribution is 0.978. The second-order valence-corrected chi connectivity index (χ2v) is 2.22. The number of nitrogens with two attached hydrogens (primary N) is 1. The highest BCUT2D eigenvalue weighted by molar-refractivity contribution is 6.12. The third kappa shape index (κ3) is 0.642. The van der Waals surface area contributed by atoms with E-state index in [9.17, 15) is 0 Å². The van der Waals surface area contributed by atoms with Crippen LogP contribution in [-0.2, 0) is 0 Å². The maximum atomic E-state index is 5.70. The van der Waals surface area contributed by atoms with E-state index < -0.39 is 0 Å². The van der Waals surface area contributed by atoms with E-state index in [1.54, 1.807) is 12.4 Å². The predicted octanol–water partition coefficient (Wildman–Crippen LogP) is 0.250. The van der Waals surface area contributed by atoms with Gasteiger partial charge in [-0.25, -0.2) is 9.98 Å². The fourth-order valence-electron chi connectivity index (χ4n) is 1.02. The topological polar surface area (TPSA) is 50.7 Å². The van der Waals surface area contributed by atoms with Crippen LogP contribution in [0.1, 0.15) is 0 Å². The number of rotatable bonds is 0. The van der Waals surface area contributed by atoms with Crippen molar-refractivity contribution in [1.82, 2.24) is 0 Å². The Hall–Kier alpha value is -1.22. The van der Waals surface area contributed by atoms with Crippen molar-refractivity contribution < 1.29 is 0 Å². The van der Waals surface area contributed by atoms with Gasteiger partial charge in [-0.05, 0) is 12.2 Å². The van der Waals surface area contributed by atoms with Crippen LogP contribution in [0.3, 0.4) is 0 Å². The van der Waals surface area contributed by atoms with E-state index >= 15 is 0 Å². The van der Waals surface area contributed by atoms with Crippen molar-refractivity contribution in [2.24, 2.45) is 15.7 Å². The van der Waals surface area contributed by atoms with E-state index in [4.69, 9.17) is 5.73 Å². The minimum Gasteiger partial charge on any atom is -0.321 e. The lowest BCUT2D eigenvalue weighted by Crippen LogP contribution is -2.24. The molecule has 0 spiro atoms. The summed E-state index contributed by atoms with van der Waals surface area (Å²) in [5.74, 6) is 0.759. The molecule has 0 aromatic heterocycles. The van der Waals surface area contributed by atoms with Crippen LogP contribution in [0.4, 0.5) is 0 Å². The molecule has 2 rings (SSSR count). The highest BCUT2D eigenvalue weighted by atomic mass is 14.9. The predicted molar refractivity (Wildman–Crippen MR) is 41.1 cm³/mol. The van der Waals surface area contributed by atoms with Gasteiger partial charge < -0.3 is 5.73 Å². The minimum absolute atomic E-state index is 0.0185. The molecular formula is C7H7N3. The van der Waals surface area contributed by atoms with Gasteiger partial charge in [0.1, 0.15) is 0 Å². The van der Waals surface area contributed by atoms with E-state index in [0.29, 0.717) is 0 Å². The van der Waals surface area contributed by atoms with Crippen molar-refractivity contribution in [2.45, 2.75) is 6.04 Å². The number of amidine groups is 1. The first-order chi connectivity index (χ1) is 4.88. The first kappa shape index (κ1) is 5.56. The molecule has 3 heteroatoms. The molecule has 1 atom stereocenters. The van der Waals surface area contributed by atoms with E-state index in [0.717, 1.165) is 11.4 Å². The third-order valence-corrected chi connectivity index (χ3v) is 1.56. The van der Waals surface area contributed by atoms with Crippen LogP contribution in [0.2, 0.25) is 0 Å². The van der Waals surface area contributed by atoms with E-state index in [2.05, 4.69) is 9.98 Å². The van der Waals surface area contributed by atoms with Gasteiger partial charge in [0.25, 0.3) is 0 Å². The molecule has 3 nitrogen and oxygen atoms in total. The molecule has 0 saturated carbocycles. The van der Waals surface area contributed by atoms with Gasteiger partial charge in [-0.1, -0.05) is 0 Å². The molecule has 0 bridgehead atoms. The lowest BCUT2D eigenvalue weighted by atomic mass is 10.1. The Bertz CT molecular complexity index is 271. The zero-order chi connectivity index (χ0) is 6.97. The molecule has 2 heterocycles. The van der Waals surface area contributed by atoms with E-state index in [-0.39, 0.29) is 6.04 Å². The Labute approximate surface area is 58.7 Å². The highest BCUT2D eigenvalue weighted by Gasteiger charge is 2.17. The molecule has 2 aliphatic heterocycles. The average molecular weight is 133 g/mol. The summed E-state index contributed by atoms with van der Waals surface area (Å²) in [5.41, 5.74) is 6.72. The summed E-state index contributed by atoms with van der Waals surface area (Å²) in [5, 5.41) is 0. The van der Waals surface area contributed by atoms with Gasteiger partial charge in [-0.15, -0.1) is 0 Å². The molecule has 2 aliphatic rings. The molecule has 0 saturated heterocycles. The molecule has 10 heavy (non-hydrogen) atoms. The smallest absolute Gasteiger partial charge is 0.156 e. The largest absolute Gasteiger partial charge is 0.321 e. The van der Waals surface area contributed by atoms with Crippen molar-refractivity contribution in [3.8, 4) is 0 Å². The molecule has 0 unspecified atom stereocenters. The van der Waals surface area contributed by atoms with Gasteiger partial charge in [-0.2, -0.15) is 0 Å². The summed E-state index contributed by atoms with van der Waals surface area (Å²) in [6, 6.07) is -0.0185. The van der Waals surface area contributed by atoms with Crippen LogP contribution < -0.4 is 5.73 Å². The summed E-state index contributed by atoms with van der Waals surface area (Å²) < 4.78 is 0. The van der Waals surface area contributed by atoms with Crippen LogP contribution in [0.25, 0.3) is 0 Å². The van der Waals surface area contributed by atoms with Crippen molar-refractivity contribution in [3.05, 3.63) is 23.9 Å². The number of fused-ring (bicyclic) bond motifs is 1. The second kappa shape index (κ2) is 1.88. The van der Waals surface area contributed by atoms with Crippen molar-refractivity contribution in [1.29, 1.82) is 0 Å². The molecule has 2 N–H and O–H groups in total. The summed E-state index contributed by atoms with van der Waals surface area (Å²) in [6.45, 7) is 0. The summed E-state index contributed by atoms with van der Waals surface area (Å²) in [4.78, 5) is 8.04. The third-order valence-electron chi connectivity index (χ3n) is 1.56. The molecule has 0 aromatic rings. The number of hydrogen-bond donors (Lipinski definition) is 1. The average Bonchev–Trinajstić information content (AvgIpc) is 2.36. The van der Waals surface area contributed by atoms with Gasteiger partial charge >= 0.3 is 0 Å². The van der Waals surface area contributed by atoms with Crippen LogP contribution in [0.15, 0.2) is 33.9 Å². The zero-order valence-electron chi connectivity index (χ0n) is 5.36. The van der Waals surface area contributed by atoms with Crippen molar-refractivity contribution in [3.63, 3.8) is 0 Å². The van der Waals surface area contributed by atoms with Crippen LogP contribution in [-0.4, -0.2) is 18.1 Å². The Balaban J connectivity index is 2.45. The van der Waals surface area contributed by atoms with Gasteiger partial charge in [0, 0.05) is 18.0 Å². The zero-order valence-corrected chi connectivity index (χ0v) is 5.36. The first-order valence-electron chi connectivity index (χ1n) is 3.12. The summed E-state index contributed by atoms with van der Waals surface area (Å²) in [7, 11) is 0. The standard InChI is InChI=1S/C7H7N3/c8-6-2-4-10-7-5(6)1-3-9-7/h1-4,6H,8H2/t6-/m1/s1. The fourth-order valence-corrected chi connectivity index (χ4v) is 1.02. The monoisotopic (exact) mass is 133 g/mol. The van der Waals surface area contributed by atoms with Gasteiger partial charge in [-0.3, -0.25) is 0 Å². The summed E-state index contributed by atoms with van der Waals surface area (Å²) in [6.07, 6.45) is 7.16. The number of allylic oxidation sites excluding steroid dienone is 1. The highest BCUT2D eigenvalue weighted by Crippen LogP contribution is 2.13. The Kier molecular flexibility index (Phi) is 1.05. The van der Waals surface area contributed by atoms with Crippen molar-refractivity contribution >= 4 is 12.1 Å². The number of hydrogen-bond acceptors (Lipinski definition) is 3. The van der Waals surface area contributed by atoms with Gasteiger partial charge in [0.05, 0.1) is 6.04 Å². The number of nitrogens with zero attached hydrogens (tertiary/aromatic N) is 2. The van der Waals surface area contributed by atoms with E-state index in [1.807, 2.05) is 12.2 Å². The normalized spacial score (nSPS) is 27.9. The molecule has 0 fully saturated rings. The maximum Gasteiger partial charge on any atom is 0.156 e. The SMILES string of the molecule is N[C@@H]1C=CN=C2N=CC=C21. The molecule has 0 amide bonds. The quantitative estimate of drug-likeness (QED) is 0.506. The van der Waals surface area contributed by atoms with Crippen LogP contribution in [0.5, 0.6) is 0 Å². The second-order valence-electron chi connectivity index (χ2n) is 2.22. The van der Waals surface area contributed by atoms with Gasteiger partial charge in [0.15, 0.2) is 5.84 Å². The fraction of sp³-hybridized carbons (Fsp3) is 0.143. The lowest BCUT2D eigenvalue weighted by Gasteiger charge is -2.10. The molecule has 0 radical (unpaired) electrons. The number of aliphatic imine (C=N–C) groups is 2. The molecule has 0 aromatic carbocycles. The Morgan fingerprint density at radius 2 is 2.40 bits per heavy atom. The maximum absolute atomic E-state index is 5.70.